The lowest BCUT2D eigenvalue weighted by Gasteiger charge is -1.97. The zero-order chi connectivity index (χ0) is 8.53. The van der Waals surface area contributed by atoms with E-state index < -0.39 is 0 Å². The Morgan fingerprint density at radius 3 is 2.18 bits per heavy atom. The largest absolute Gasteiger partial charge is 0.0885 e. The number of allylic oxidation sites excluding steroid dienone is 2. The lowest BCUT2D eigenvalue weighted by Crippen LogP contribution is -1.84. The van der Waals surface area contributed by atoms with Gasteiger partial charge in [-0.2, -0.15) is 0 Å². The lowest BCUT2D eigenvalue weighted by molar-refractivity contribution is 0.683. The van der Waals surface area contributed by atoms with Crippen molar-refractivity contribution in [2.45, 2.75) is 52.9 Å². The van der Waals surface area contributed by atoms with Gasteiger partial charge in [-0.25, -0.2) is 0 Å². The van der Waals surface area contributed by atoms with Gasteiger partial charge in [-0.1, -0.05) is 45.8 Å². The normalized spacial score (nSPS) is 18.5. The minimum Gasteiger partial charge on any atom is -0.0885 e. The molecule has 11 heavy (non-hydrogen) atoms. The molecule has 1 aliphatic rings. The van der Waals surface area contributed by atoms with E-state index >= 15 is 0 Å². The van der Waals surface area contributed by atoms with Gasteiger partial charge in [-0.05, 0) is 25.2 Å². The second kappa shape index (κ2) is 7.84. The first-order valence-corrected chi connectivity index (χ1v) is 5.10. The number of hydrogen-bond acceptors (Lipinski definition) is 0. The SMILES string of the molecule is CC.CC/C=C/C1CCCC1. The molecule has 0 aromatic rings. The molecule has 0 N–H and O–H groups in total. The highest BCUT2D eigenvalue weighted by molar-refractivity contribution is 4.89. The van der Waals surface area contributed by atoms with Crippen LogP contribution in [0.3, 0.4) is 0 Å². The van der Waals surface area contributed by atoms with E-state index in [4.69, 9.17) is 0 Å². The van der Waals surface area contributed by atoms with Crippen molar-refractivity contribution in [3.05, 3.63) is 12.2 Å². The molecule has 0 heteroatoms. The highest BCUT2D eigenvalue weighted by Gasteiger charge is 2.10. The van der Waals surface area contributed by atoms with Gasteiger partial charge in [-0.3, -0.25) is 0 Å². The minimum atomic E-state index is 0.935. The van der Waals surface area contributed by atoms with Crippen molar-refractivity contribution in [3.63, 3.8) is 0 Å². The number of rotatable bonds is 2. The Morgan fingerprint density at radius 1 is 1.18 bits per heavy atom. The van der Waals surface area contributed by atoms with Gasteiger partial charge in [0.1, 0.15) is 0 Å². The fourth-order valence-electron chi connectivity index (χ4n) is 1.48. The van der Waals surface area contributed by atoms with Crippen LogP contribution in [-0.4, -0.2) is 0 Å². The van der Waals surface area contributed by atoms with Gasteiger partial charge in [0.05, 0.1) is 0 Å². The van der Waals surface area contributed by atoms with Crippen LogP contribution in [0, 0.1) is 5.92 Å². The summed E-state index contributed by atoms with van der Waals surface area (Å²) in [6.07, 6.45) is 11.7. The molecule has 1 saturated carbocycles. The van der Waals surface area contributed by atoms with Crippen molar-refractivity contribution < 1.29 is 0 Å². The van der Waals surface area contributed by atoms with E-state index in [0.29, 0.717) is 0 Å². The van der Waals surface area contributed by atoms with Crippen molar-refractivity contribution in [1.82, 2.24) is 0 Å². The molecule has 0 aromatic carbocycles. The smallest absolute Gasteiger partial charge is 0.0234 e. The Balaban J connectivity index is 0.000000461. The Kier molecular flexibility index (Phi) is 7.66. The molecule has 1 fully saturated rings. The van der Waals surface area contributed by atoms with Crippen LogP contribution in [0.5, 0.6) is 0 Å². The van der Waals surface area contributed by atoms with Gasteiger partial charge < -0.3 is 0 Å². The quantitative estimate of drug-likeness (QED) is 0.524. The molecule has 0 saturated heterocycles. The topological polar surface area (TPSA) is 0 Å². The molecule has 0 aliphatic heterocycles. The van der Waals surface area contributed by atoms with E-state index in [-0.39, 0.29) is 0 Å². The van der Waals surface area contributed by atoms with Gasteiger partial charge >= 0.3 is 0 Å². The maximum absolute atomic E-state index is 2.40. The third-order valence-electron chi connectivity index (χ3n) is 2.04. The average molecular weight is 154 g/mol. The maximum Gasteiger partial charge on any atom is -0.0234 e. The van der Waals surface area contributed by atoms with Gasteiger partial charge in [0, 0.05) is 0 Å². The minimum absolute atomic E-state index is 0.935. The molecule has 1 rings (SSSR count). The van der Waals surface area contributed by atoms with Gasteiger partial charge in [0.15, 0.2) is 0 Å². The third kappa shape index (κ3) is 5.06. The molecule has 0 atom stereocenters. The Labute approximate surface area is 71.7 Å². The molecule has 0 radical (unpaired) electrons. The molecule has 0 unspecified atom stereocenters. The second-order valence-corrected chi connectivity index (χ2v) is 2.88. The van der Waals surface area contributed by atoms with Crippen LogP contribution in [0.2, 0.25) is 0 Å². The first kappa shape index (κ1) is 10.7. The zero-order valence-electron chi connectivity index (χ0n) is 8.27. The van der Waals surface area contributed by atoms with Crippen LogP contribution in [0.15, 0.2) is 12.2 Å². The first-order chi connectivity index (χ1) is 5.43. The highest BCUT2D eigenvalue weighted by atomic mass is 14.2. The van der Waals surface area contributed by atoms with E-state index in [1.165, 1.54) is 32.1 Å². The second-order valence-electron chi connectivity index (χ2n) is 2.88. The molecule has 0 heterocycles. The van der Waals surface area contributed by atoms with Crippen LogP contribution >= 0.6 is 0 Å². The molecule has 1 aliphatic carbocycles. The van der Waals surface area contributed by atoms with Crippen molar-refractivity contribution in [3.8, 4) is 0 Å². The monoisotopic (exact) mass is 154 g/mol. The Morgan fingerprint density at radius 2 is 1.73 bits per heavy atom. The average Bonchev–Trinajstić information content (AvgIpc) is 2.57. The fourth-order valence-corrected chi connectivity index (χ4v) is 1.48. The molecule has 0 bridgehead atoms. The van der Waals surface area contributed by atoms with Gasteiger partial charge in [0.2, 0.25) is 0 Å². The summed E-state index contributed by atoms with van der Waals surface area (Å²) in [5.74, 6) is 0.935. The van der Waals surface area contributed by atoms with Crippen molar-refractivity contribution in [2.75, 3.05) is 0 Å². The lowest BCUT2D eigenvalue weighted by atomic mass is 10.1. The maximum atomic E-state index is 2.40. The van der Waals surface area contributed by atoms with Gasteiger partial charge in [-0.15, -0.1) is 0 Å². The summed E-state index contributed by atoms with van der Waals surface area (Å²) in [5, 5.41) is 0. The zero-order valence-corrected chi connectivity index (χ0v) is 8.27. The summed E-state index contributed by atoms with van der Waals surface area (Å²) in [6, 6.07) is 0. The van der Waals surface area contributed by atoms with E-state index in [2.05, 4.69) is 19.1 Å². The molecule has 0 spiro atoms. The van der Waals surface area contributed by atoms with Crippen LogP contribution in [-0.2, 0) is 0 Å². The summed E-state index contributed by atoms with van der Waals surface area (Å²) in [6.45, 7) is 6.20. The summed E-state index contributed by atoms with van der Waals surface area (Å²) in [7, 11) is 0. The van der Waals surface area contributed by atoms with E-state index in [0.717, 1.165) is 5.92 Å². The molecule has 0 nitrogen and oxygen atoms in total. The van der Waals surface area contributed by atoms with Crippen molar-refractivity contribution in [2.24, 2.45) is 5.92 Å². The summed E-state index contributed by atoms with van der Waals surface area (Å²) < 4.78 is 0. The van der Waals surface area contributed by atoms with Gasteiger partial charge in [0.25, 0.3) is 0 Å². The van der Waals surface area contributed by atoms with E-state index in [1.54, 1.807) is 0 Å². The fraction of sp³-hybridized carbons (Fsp3) is 0.818. The first-order valence-electron chi connectivity index (χ1n) is 5.10. The Hall–Kier alpha value is -0.260. The van der Waals surface area contributed by atoms with Crippen LogP contribution in [0.25, 0.3) is 0 Å². The van der Waals surface area contributed by atoms with Crippen LogP contribution in [0.4, 0.5) is 0 Å². The summed E-state index contributed by atoms with van der Waals surface area (Å²) in [4.78, 5) is 0. The van der Waals surface area contributed by atoms with E-state index in [9.17, 15) is 0 Å². The predicted octanol–water partition coefficient (Wildman–Crippen LogP) is 4.17. The molecular formula is C11H22. The van der Waals surface area contributed by atoms with E-state index in [1.807, 2.05) is 13.8 Å². The molecular weight excluding hydrogens is 132 g/mol. The van der Waals surface area contributed by atoms with Crippen molar-refractivity contribution in [1.29, 1.82) is 0 Å². The molecule has 0 aromatic heterocycles. The standard InChI is InChI=1S/C9H16.C2H6/c1-2-3-6-9-7-4-5-8-9;1-2/h3,6,9H,2,4-5,7-8H2,1H3;1-2H3/b6-3+;. The Bertz CT molecular complexity index is 86.2. The van der Waals surface area contributed by atoms with Crippen LogP contribution in [0.1, 0.15) is 52.9 Å². The number of hydrogen-bond donors (Lipinski definition) is 0. The van der Waals surface area contributed by atoms with Crippen molar-refractivity contribution >= 4 is 0 Å². The predicted molar refractivity (Wildman–Crippen MR) is 52.7 cm³/mol. The molecule has 0 amide bonds. The third-order valence-corrected chi connectivity index (χ3v) is 2.04. The summed E-state index contributed by atoms with van der Waals surface area (Å²) in [5.41, 5.74) is 0. The molecule has 66 valence electrons. The summed E-state index contributed by atoms with van der Waals surface area (Å²) >= 11 is 0. The highest BCUT2D eigenvalue weighted by Crippen LogP contribution is 2.25. The van der Waals surface area contributed by atoms with Crippen LogP contribution < -0.4 is 0 Å².